The highest BCUT2D eigenvalue weighted by Crippen LogP contribution is 2.39. The molecule has 0 amide bonds. The largest absolute Gasteiger partial charge is 0.497 e. The first kappa shape index (κ1) is 13.6. The summed E-state index contributed by atoms with van der Waals surface area (Å²) in [6, 6.07) is 10.4. The van der Waals surface area contributed by atoms with Crippen LogP contribution in [0, 0.1) is 0 Å². The summed E-state index contributed by atoms with van der Waals surface area (Å²) in [5.74, 6) is 1.05. The van der Waals surface area contributed by atoms with Crippen LogP contribution in [-0.2, 0) is 0 Å². The van der Waals surface area contributed by atoms with Crippen molar-refractivity contribution in [1.29, 1.82) is 0 Å². The van der Waals surface area contributed by atoms with E-state index in [2.05, 4.69) is 4.98 Å². The summed E-state index contributed by atoms with van der Waals surface area (Å²) in [5.41, 5.74) is 2.30. The Morgan fingerprint density at radius 3 is 2.26 bits per heavy atom. The zero-order valence-corrected chi connectivity index (χ0v) is 12.6. The Labute approximate surface area is 131 Å². The van der Waals surface area contributed by atoms with Gasteiger partial charge >= 0.3 is 0 Å². The van der Waals surface area contributed by atoms with Gasteiger partial charge in [-0.25, -0.2) is 0 Å². The fourth-order valence-corrected chi connectivity index (χ4v) is 3.08. The molecule has 0 saturated heterocycles. The Balaban J connectivity index is 2.11. The van der Waals surface area contributed by atoms with Crippen molar-refractivity contribution in [2.75, 3.05) is 14.2 Å². The normalized spacial score (nSPS) is 12.2. The molecule has 0 spiro atoms. The number of nitrogens with one attached hydrogen (secondary N) is 1. The van der Waals surface area contributed by atoms with Crippen LogP contribution < -0.4 is 15.0 Å². The molecule has 3 aromatic rings. The van der Waals surface area contributed by atoms with Crippen LogP contribution in [0.5, 0.6) is 11.5 Å². The van der Waals surface area contributed by atoms with Crippen LogP contribution in [0.2, 0.25) is 0 Å². The summed E-state index contributed by atoms with van der Waals surface area (Å²) in [7, 11) is 3.11. The van der Waals surface area contributed by atoms with Gasteiger partial charge < -0.3 is 14.5 Å². The van der Waals surface area contributed by atoms with Crippen molar-refractivity contribution < 1.29 is 14.3 Å². The molecule has 114 valence electrons. The van der Waals surface area contributed by atoms with Gasteiger partial charge in [-0.3, -0.25) is 9.59 Å². The maximum absolute atomic E-state index is 12.9. The maximum Gasteiger partial charge on any atom is 0.257 e. The summed E-state index contributed by atoms with van der Waals surface area (Å²) in [4.78, 5) is 28.2. The van der Waals surface area contributed by atoms with E-state index in [4.69, 9.17) is 9.47 Å². The first-order valence-electron chi connectivity index (χ1n) is 7.11. The summed E-state index contributed by atoms with van der Waals surface area (Å²) >= 11 is 0. The van der Waals surface area contributed by atoms with Crippen molar-refractivity contribution in [3.8, 4) is 22.6 Å². The number of ketones is 1. The van der Waals surface area contributed by atoms with Crippen molar-refractivity contribution >= 4 is 16.7 Å². The molecule has 1 N–H and O–H groups in total. The zero-order valence-electron chi connectivity index (χ0n) is 12.6. The first-order valence-corrected chi connectivity index (χ1v) is 7.11. The fourth-order valence-electron chi connectivity index (χ4n) is 3.08. The van der Waals surface area contributed by atoms with E-state index >= 15 is 0 Å². The fraction of sp³-hybridized carbons (Fsp3) is 0.111. The number of carbonyl (C=O) groups is 1. The molecule has 0 fully saturated rings. The van der Waals surface area contributed by atoms with E-state index in [1.807, 2.05) is 0 Å². The molecule has 0 bridgehead atoms. The summed E-state index contributed by atoms with van der Waals surface area (Å²) in [6.45, 7) is 0. The van der Waals surface area contributed by atoms with E-state index in [-0.39, 0.29) is 11.3 Å². The van der Waals surface area contributed by atoms with Crippen molar-refractivity contribution in [3.05, 3.63) is 57.9 Å². The molecule has 23 heavy (non-hydrogen) atoms. The van der Waals surface area contributed by atoms with Crippen molar-refractivity contribution in [3.63, 3.8) is 0 Å². The van der Waals surface area contributed by atoms with Gasteiger partial charge in [0.15, 0.2) is 5.78 Å². The van der Waals surface area contributed by atoms with E-state index < -0.39 is 0 Å². The van der Waals surface area contributed by atoms with E-state index in [1.165, 1.54) is 0 Å². The molecule has 1 aromatic heterocycles. The maximum atomic E-state index is 12.9. The van der Waals surface area contributed by atoms with Crippen LogP contribution in [0.1, 0.15) is 15.9 Å². The second-order valence-electron chi connectivity index (χ2n) is 5.36. The number of hydrogen-bond acceptors (Lipinski definition) is 4. The predicted molar refractivity (Wildman–Crippen MR) is 86.5 cm³/mol. The summed E-state index contributed by atoms with van der Waals surface area (Å²) < 4.78 is 10.4. The number of hydrogen-bond donors (Lipinski definition) is 1. The standard InChI is InChI=1S/C18H13NO4/c1-22-9-3-5-11-12(7-9)17(20)15-13-8-10(23-2)4-6-14(13)19-18(21)16(11)15/h3-8H,1-2H3,(H,19,21). The lowest BCUT2D eigenvalue weighted by molar-refractivity contribution is 0.104. The first-order chi connectivity index (χ1) is 11.1. The van der Waals surface area contributed by atoms with Crippen LogP contribution in [0.3, 0.4) is 0 Å². The second kappa shape index (κ2) is 4.71. The molecular weight excluding hydrogens is 294 g/mol. The highest BCUT2D eigenvalue weighted by atomic mass is 16.5. The lowest BCUT2D eigenvalue weighted by Crippen LogP contribution is -2.11. The number of benzene rings is 2. The number of methoxy groups -OCH3 is 2. The monoisotopic (exact) mass is 307 g/mol. The average Bonchev–Trinajstić information content (AvgIpc) is 2.88. The van der Waals surface area contributed by atoms with Crippen LogP contribution in [0.25, 0.3) is 22.0 Å². The van der Waals surface area contributed by atoms with Gasteiger partial charge in [-0.1, -0.05) is 0 Å². The molecular formula is C18H13NO4. The van der Waals surface area contributed by atoms with E-state index in [9.17, 15) is 9.59 Å². The Morgan fingerprint density at radius 2 is 1.52 bits per heavy atom. The van der Waals surface area contributed by atoms with Crippen LogP contribution >= 0.6 is 0 Å². The van der Waals surface area contributed by atoms with Gasteiger partial charge in [0.25, 0.3) is 5.56 Å². The lowest BCUT2D eigenvalue weighted by atomic mass is 10.0. The van der Waals surface area contributed by atoms with E-state index in [0.29, 0.717) is 44.7 Å². The van der Waals surface area contributed by atoms with Gasteiger partial charge in [0, 0.05) is 22.0 Å². The zero-order chi connectivity index (χ0) is 16.1. The minimum absolute atomic E-state index is 0.168. The molecule has 1 aliphatic rings. The number of fused-ring (bicyclic) bond motifs is 5. The topological polar surface area (TPSA) is 68.4 Å². The molecule has 5 heteroatoms. The molecule has 0 aliphatic heterocycles. The van der Waals surface area contributed by atoms with E-state index in [0.717, 1.165) is 0 Å². The third-order valence-electron chi connectivity index (χ3n) is 4.19. The molecule has 5 nitrogen and oxygen atoms in total. The van der Waals surface area contributed by atoms with Gasteiger partial charge in [-0.15, -0.1) is 0 Å². The summed E-state index contributed by atoms with van der Waals surface area (Å²) in [5, 5.41) is 0.680. The molecule has 0 atom stereocenters. The van der Waals surface area contributed by atoms with Gasteiger partial charge in [-0.05, 0) is 42.0 Å². The van der Waals surface area contributed by atoms with Crippen molar-refractivity contribution in [1.82, 2.24) is 4.98 Å². The highest BCUT2D eigenvalue weighted by molar-refractivity contribution is 6.27. The van der Waals surface area contributed by atoms with Crippen LogP contribution in [0.15, 0.2) is 41.2 Å². The lowest BCUT2D eigenvalue weighted by Gasteiger charge is -2.06. The quantitative estimate of drug-likeness (QED) is 0.618. The highest BCUT2D eigenvalue weighted by Gasteiger charge is 2.31. The third-order valence-corrected chi connectivity index (χ3v) is 4.19. The van der Waals surface area contributed by atoms with Crippen LogP contribution in [-0.4, -0.2) is 25.0 Å². The molecule has 1 heterocycles. The number of H-pyrrole nitrogens is 1. The molecule has 4 rings (SSSR count). The van der Waals surface area contributed by atoms with Crippen LogP contribution in [0.4, 0.5) is 0 Å². The molecule has 0 unspecified atom stereocenters. The number of pyridine rings is 1. The Bertz CT molecular complexity index is 1030. The third kappa shape index (κ3) is 1.80. The molecule has 1 aliphatic carbocycles. The Kier molecular flexibility index (Phi) is 2.78. The number of aromatic nitrogens is 1. The van der Waals surface area contributed by atoms with Gasteiger partial charge in [-0.2, -0.15) is 0 Å². The number of aromatic amines is 1. The van der Waals surface area contributed by atoms with E-state index in [1.54, 1.807) is 50.6 Å². The predicted octanol–water partition coefficient (Wildman–Crippen LogP) is 2.76. The van der Waals surface area contributed by atoms with Gasteiger partial charge in [0.05, 0.1) is 19.8 Å². The number of rotatable bonds is 2. The SMILES string of the molecule is COc1ccc2c(c1)C(=O)c1c-2c(=O)[nH]c2ccc(OC)cc12. The second-order valence-corrected chi connectivity index (χ2v) is 5.36. The van der Waals surface area contributed by atoms with Crippen molar-refractivity contribution in [2.24, 2.45) is 0 Å². The smallest absolute Gasteiger partial charge is 0.257 e. The molecule has 2 aromatic carbocycles. The van der Waals surface area contributed by atoms with Gasteiger partial charge in [0.2, 0.25) is 0 Å². The number of ether oxygens (including phenoxy) is 2. The van der Waals surface area contributed by atoms with Gasteiger partial charge in [0.1, 0.15) is 11.5 Å². The van der Waals surface area contributed by atoms with Crippen molar-refractivity contribution in [2.45, 2.75) is 0 Å². The minimum Gasteiger partial charge on any atom is -0.497 e. The molecule has 0 radical (unpaired) electrons. The molecule has 0 saturated carbocycles. The summed E-state index contributed by atoms with van der Waals surface area (Å²) in [6.07, 6.45) is 0. The average molecular weight is 307 g/mol. The minimum atomic E-state index is -0.269. The number of carbonyl (C=O) groups excluding carboxylic acids is 1. The Hall–Kier alpha value is -3.08. The Morgan fingerprint density at radius 1 is 0.826 bits per heavy atom.